The highest BCUT2D eigenvalue weighted by atomic mass is 16.6. The minimum atomic E-state index is -0.332. The minimum absolute atomic E-state index is 0.203. The molecule has 1 aliphatic rings. The van der Waals surface area contributed by atoms with Gasteiger partial charge in [-0.15, -0.1) is 0 Å². The van der Waals surface area contributed by atoms with Gasteiger partial charge in [0.1, 0.15) is 19.0 Å². The largest absolute Gasteiger partial charge is 0.493 e. The lowest BCUT2D eigenvalue weighted by Crippen LogP contribution is -2.30. The van der Waals surface area contributed by atoms with E-state index in [2.05, 4.69) is 0 Å². The van der Waals surface area contributed by atoms with E-state index in [0.29, 0.717) is 35.2 Å². The Bertz CT molecular complexity index is 999. The summed E-state index contributed by atoms with van der Waals surface area (Å²) in [6, 6.07) is 20.9. The average molecular weight is 390 g/mol. The van der Waals surface area contributed by atoms with Crippen LogP contribution in [-0.4, -0.2) is 19.5 Å². The molecule has 0 bridgehead atoms. The van der Waals surface area contributed by atoms with Crippen molar-refractivity contribution in [3.63, 3.8) is 0 Å². The van der Waals surface area contributed by atoms with Crippen LogP contribution in [0.15, 0.2) is 66.7 Å². The Balaban J connectivity index is 1.55. The molecule has 5 nitrogen and oxygen atoms in total. The number of hydrogen-bond donors (Lipinski definition) is 0. The lowest BCUT2D eigenvalue weighted by Gasteiger charge is -2.32. The van der Waals surface area contributed by atoms with Crippen LogP contribution in [0.25, 0.3) is 0 Å². The molecule has 1 aliphatic heterocycles. The Kier molecular flexibility index (Phi) is 5.38. The third-order valence-electron chi connectivity index (χ3n) is 4.85. The zero-order valence-electron chi connectivity index (χ0n) is 16.3. The SMILES string of the molecule is COc1cc([C@H]2Oc3cc(C=O)ccc3O[C@H]2C)ccc1OCc1ccccc1. The van der Waals surface area contributed by atoms with Crippen molar-refractivity contribution in [3.05, 3.63) is 83.4 Å². The Morgan fingerprint density at radius 1 is 0.931 bits per heavy atom. The summed E-state index contributed by atoms with van der Waals surface area (Å²) in [6.07, 6.45) is 0.255. The highest BCUT2D eigenvalue weighted by Gasteiger charge is 2.30. The van der Waals surface area contributed by atoms with Gasteiger partial charge in [0.05, 0.1) is 7.11 Å². The summed E-state index contributed by atoms with van der Waals surface area (Å²) in [5.74, 6) is 2.48. The van der Waals surface area contributed by atoms with Gasteiger partial charge in [-0.3, -0.25) is 4.79 Å². The van der Waals surface area contributed by atoms with Crippen LogP contribution in [0, 0.1) is 0 Å². The third-order valence-corrected chi connectivity index (χ3v) is 4.85. The number of aldehydes is 1. The van der Waals surface area contributed by atoms with E-state index in [1.54, 1.807) is 25.3 Å². The standard InChI is InChI=1S/C24H22O5/c1-16-24(29-23-12-18(14-25)8-10-21(23)28-16)19-9-11-20(22(13-19)26-2)27-15-17-6-4-3-5-7-17/h3-14,16,24H,15H2,1-2H3/t16-,24-/m0/s1. The van der Waals surface area contributed by atoms with Crippen molar-refractivity contribution >= 4 is 6.29 Å². The van der Waals surface area contributed by atoms with Gasteiger partial charge in [0.2, 0.25) is 0 Å². The first-order valence-corrected chi connectivity index (χ1v) is 9.45. The van der Waals surface area contributed by atoms with Gasteiger partial charge in [-0.25, -0.2) is 0 Å². The molecule has 0 spiro atoms. The summed E-state index contributed by atoms with van der Waals surface area (Å²) < 4.78 is 23.6. The van der Waals surface area contributed by atoms with E-state index >= 15 is 0 Å². The lowest BCUT2D eigenvalue weighted by molar-refractivity contribution is 0.0305. The van der Waals surface area contributed by atoms with Crippen molar-refractivity contribution in [3.8, 4) is 23.0 Å². The summed E-state index contributed by atoms with van der Waals surface area (Å²) in [5, 5.41) is 0. The fourth-order valence-electron chi connectivity index (χ4n) is 3.34. The molecule has 3 aromatic carbocycles. The summed E-state index contributed by atoms with van der Waals surface area (Å²) >= 11 is 0. The Hall–Kier alpha value is -3.47. The van der Waals surface area contributed by atoms with E-state index < -0.39 is 0 Å². The fourth-order valence-corrected chi connectivity index (χ4v) is 3.34. The number of hydrogen-bond acceptors (Lipinski definition) is 5. The van der Waals surface area contributed by atoms with Gasteiger partial charge in [0.15, 0.2) is 29.1 Å². The molecule has 1 heterocycles. The summed E-state index contributed by atoms with van der Waals surface area (Å²) in [4.78, 5) is 11.1. The fraction of sp³-hybridized carbons (Fsp3) is 0.208. The van der Waals surface area contributed by atoms with Crippen LogP contribution in [0.3, 0.4) is 0 Å². The number of carbonyl (C=O) groups excluding carboxylic acids is 1. The van der Waals surface area contributed by atoms with E-state index in [9.17, 15) is 4.79 Å². The second-order valence-electron chi connectivity index (χ2n) is 6.87. The molecule has 3 aromatic rings. The number of carbonyl (C=O) groups is 1. The van der Waals surface area contributed by atoms with Gasteiger partial charge in [-0.05, 0) is 42.8 Å². The van der Waals surface area contributed by atoms with Crippen molar-refractivity contribution in [1.29, 1.82) is 0 Å². The molecule has 29 heavy (non-hydrogen) atoms. The maximum absolute atomic E-state index is 11.1. The molecule has 0 radical (unpaired) electrons. The molecule has 0 N–H and O–H groups in total. The summed E-state index contributed by atoms with van der Waals surface area (Å²) in [7, 11) is 1.61. The first-order chi connectivity index (χ1) is 14.2. The molecule has 2 atom stereocenters. The Morgan fingerprint density at radius 2 is 1.76 bits per heavy atom. The van der Waals surface area contributed by atoms with Crippen LogP contribution in [-0.2, 0) is 6.61 Å². The van der Waals surface area contributed by atoms with Crippen molar-refractivity contribution < 1.29 is 23.7 Å². The van der Waals surface area contributed by atoms with Gasteiger partial charge < -0.3 is 18.9 Å². The Labute approximate surface area is 169 Å². The number of ether oxygens (including phenoxy) is 4. The topological polar surface area (TPSA) is 54.0 Å². The zero-order valence-corrected chi connectivity index (χ0v) is 16.3. The molecule has 148 valence electrons. The quantitative estimate of drug-likeness (QED) is 0.555. The summed E-state index contributed by atoms with van der Waals surface area (Å²) in [5.41, 5.74) is 2.53. The maximum atomic E-state index is 11.1. The zero-order chi connectivity index (χ0) is 20.2. The van der Waals surface area contributed by atoms with Crippen LogP contribution in [0.2, 0.25) is 0 Å². The molecule has 0 saturated carbocycles. The number of benzene rings is 3. The van der Waals surface area contributed by atoms with Crippen LogP contribution in [0.1, 0.15) is 34.5 Å². The molecule has 0 unspecified atom stereocenters. The van der Waals surface area contributed by atoms with E-state index in [1.807, 2.05) is 55.5 Å². The number of methoxy groups -OCH3 is 1. The predicted octanol–water partition coefficient (Wildman–Crippen LogP) is 4.99. The average Bonchev–Trinajstić information content (AvgIpc) is 2.77. The minimum Gasteiger partial charge on any atom is -0.493 e. The Morgan fingerprint density at radius 3 is 2.52 bits per heavy atom. The molecule has 4 rings (SSSR count). The van der Waals surface area contributed by atoms with Gasteiger partial charge in [-0.1, -0.05) is 36.4 Å². The normalized spacial score (nSPS) is 17.4. The van der Waals surface area contributed by atoms with Crippen LogP contribution in [0.4, 0.5) is 0 Å². The third kappa shape index (κ3) is 4.04. The second-order valence-corrected chi connectivity index (χ2v) is 6.87. The van der Waals surface area contributed by atoms with Gasteiger partial charge >= 0.3 is 0 Å². The van der Waals surface area contributed by atoms with Crippen molar-refractivity contribution in [2.75, 3.05) is 7.11 Å². The first kappa shape index (κ1) is 18.9. The van der Waals surface area contributed by atoms with Crippen LogP contribution in [0.5, 0.6) is 23.0 Å². The van der Waals surface area contributed by atoms with Crippen molar-refractivity contribution in [2.45, 2.75) is 25.7 Å². The van der Waals surface area contributed by atoms with Crippen LogP contribution < -0.4 is 18.9 Å². The molecule has 0 saturated heterocycles. The second kappa shape index (κ2) is 8.27. The maximum Gasteiger partial charge on any atom is 0.163 e. The van der Waals surface area contributed by atoms with E-state index in [0.717, 1.165) is 17.4 Å². The van der Waals surface area contributed by atoms with Gasteiger partial charge in [0, 0.05) is 11.1 Å². The monoisotopic (exact) mass is 390 g/mol. The number of rotatable bonds is 6. The molecule has 0 amide bonds. The predicted molar refractivity (Wildman–Crippen MR) is 109 cm³/mol. The van der Waals surface area contributed by atoms with E-state index in [1.165, 1.54) is 0 Å². The molecular formula is C24H22O5. The van der Waals surface area contributed by atoms with E-state index in [4.69, 9.17) is 18.9 Å². The number of fused-ring (bicyclic) bond motifs is 1. The molecular weight excluding hydrogens is 368 g/mol. The molecule has 0 fully saturated rings. The first-order valence-electron chi connectivity index (χ1n) is 9.45. The van der Waals surface area contributed by atoms with Crippen LogP contribution >= 0.6 is 0 Å². The van der Waals surface area contributed by atoms with Gasteiger partial charge in [0.25, 0.3) is 0 Å². The molecule has 0 aromatic heterocycles. The molecule has 0 aliphatic carbocycles. The van der Waals surface area contributed by atoms with E-state index in [-0.39, 0.29) is 12.2 Å². The molecule has 5 heteroatoms. The van der Waals surface area contributed by atoms with Gasteiger partial charge in [-0.2, -0.15) is 0 Å². The summed E-state index contributed by atoms with van der Waals surface area (Å²) in [6.45, 7) is 2.41. The smallest absolute Gasteiger partial charge is 0.163 e. The highest BCUT2D eigenvalue weighted by Crippen LogP contribution is 2.41. The van der Waals surface area contributed by atoms with Crippen molar-refractivity contribution in [2.24, 2.45) is 0 Å². The highest BCUT2D eigenvalue weighted by molar-refractivity contribution is 5.76. The lowest BCUT2D eigenvalue weighted by atomic mass is 10.0. The van der Waals surface area contributed by atoms with Crippen molar-refractivity contribution in [1.82, 2.24) is 0 Å².